The molecule has 0 unspecified atom stereocenters. The van der Waals surface area contributed by atoms with Gasteiger partial charge in [0.1, 0.15) is 5.75 Å². The molecule has 1 aliphatic rings. The number of rotatable bonds is 1. The molecule has 19 heavy (non-hydrogen) atoms. The number of hydrogen-bond acceptors (Lipinski definition) is 2. The van der Waals surface area contributed by atoms with E-state index in [-0.39, 0.29) is 5.75 Å². The highest BCUT2D eigenvalue weighted by Crippen LogP contribution is 2.48. The van der Waals surface area contributed by atoms with Crippen molar-refractivity contribution < 1.29 is 15.0 Å². The van der Waals surface area contributed by atoms with Crippen LogP contribution in [0.3, 0.4) is 0 Å². The summed E-state index contributed by atoms with van der Waals surface area (Å²) in [4.78, 5) is 11.0. The molecule has 94 valence electrons. The summed E-state index contributed by atoms with van der Waals surface area (Å²) in [5, 5.41) is 19.1. The molecular weight excluding hydrogens is 264 g/mol. The Labute approximate surface area is 114 Å². The normalized spacial score (nSPS) is 14.3. The fourth-order valence-corrected chi connectivity index (χ4v) is 2.70. The smallest absolute Gasteiger partial charge is 0.328 e. The summed E-state index contributed by atoms with van der Waals surface area (Å²) in [5.41, 5.74) is 3.68. The van der Waals surface area contributed by atoms with Crippen LogP contribution in [0.25, 0.3) is 16.7 Å². The average molecular weight is 273 g/mol. The van der Waals surface area contributed by atoms with Crippen molar-refractivity contribution in [2.45, 2.75) is 0 Å². The number of hydrogen-bond donors (Lipinski definition) is 2. The van der Waals surface area contributed by atoms with Gasteiger partial charge in [-0.05, 0) is 40.5 Å². The molecule has 3 nitrogen and oxygen atoms in total. The number of carbonyl (C=O) groups is 1. The number of aliphatic carboxylic acids is 1. The van der Waals surface area contributed by atoms with Crippen LogP contribution in [-0.4, -0.2) is 16.2 Å². The first-order valence-corrected chi connectivity index (χ1v) is 6.03. The summed E-state index contributed by atoms with van der Waals surface area (Å²) >= 11 is 6.20. The second-order valence-corrected chi connectivity index (χ2v) is 4.70. The van der Waals surface area contributed by atoms with E-state index in [9.17, 15) is 9.90 Å². The lowest BCUT2D eigenvalue weighted by atomic mass is 10.0. The van der Waals surface area contributed by atoms with Gasteiger partial charge in [-0.25, -0.2) is 4.79 Å². The SMILES string of the molecule is O=C(O)/C=C1/c2cc(O)ccc2-c2c(Cl)cccc21. The van der Waals surface area contributed by atoms with Gasteiger partial charge in [-0.2, -0.15) is 0 Å². The summed E-state index contributed by atoms with van der Waals surface area (Å²) in [5.74, 6) is -0.934. The van der Waals surface area contributed by atoms with Crippen LogP contribution in [0.4, 0.5) is 0 Å². The lowest BCUT2D eigenvalue weighted by Gasteiger charge is -2.02. The molecule has 0 aliphatic heterocycles. The van der Waals surface area contributed by atoms with E-state index in [2.05, 4.69) is 0 Å². The average Bonchev–Trinajstić information content (AvgIpc) is 2.64. The Morgan fingerprint density at radius 2 is 1.89 bits per heavy atom. The van der Waals surface area contributed by atoms with Crippen molar-refractivity contribution in [1.29, 1.82) is 0 Å². The minimum atomic E-state index is -1.03. The number of carboxylic acids is 1. The molecule has 3 rings (SSSR count). The first-order chi connectivity index (χ1) is 9.08. The van der Waals surface area contributed by atoms with Crippen molar-refractivity contribution in [3.8, 4) is 16.9 Å². The Balaban J connectivity index is 2.39. The second-order valence-electron chi connectivity index (χ2n) is 4.29. The lowest BCUT2D eigenvalue weighted by Crippen LogP contribution is -1.91. The third-order valence-electron chi connectivity index (χ3n) is 3.13. The molecule has 0 bridgehead atoms. The van der Waals surface area contributed by atoms with Gasteiger partial charge in [0.15, 0.2) is 0 Å². The van der Waals surface area contributed by atoms with Crippen LogP contribution in [0.1, 0.15) is 11.1 Å². The Morgan fingerprint density at radius 1 is 1.11 bits per heavy atom. The summed E-state index contributed by atoms with van der Waals surface area (Å²) in [6.45, 7) is 0. The minimum Gasteiger partial charge on any atom is -0.508 e. The van der Waals surface area contributed by atoms with E-state index in [4.69, 9.17) is 16.7 Å². The maximum Gasteiger partial charge on any atom is 0.328 e. The number of benzene rings is 2. The summed E-state index contributed by atoms with van der Waals surface area (Å²) < 4.78 is 0. The molecule has 2 N–H and O–H groups in total. The standard InChI is InChI=1S/C15H9ClO3/c16-13-3-1-2-9-12(7-14(18)19)11-6-8(17)4-5-10(11)15(9)13/h1-7,17H,(H,18,19)/b12-7+. The van der Waals surface area contributed by atoms with E-state index in [1.165, 1.54) is 0 Å². The Morgan fingerprint density at radius 3 is 2.63 bits per heavy atom. The highest BCUT2D eigenvalue weighted by molar-refractivity contribution is 6.34. The Bertz CT molecular complexity index is 732. The van der Waals surface area contributed by atoms with Crippen LogP contribution < -0.4 is 0 Å². The Hall–Kier alpha value is -2.26. The van der Waals surface area contributed by atoms with E-state index in [1.54, 1.807) is 30.3 Å². The summed E-state index contributed by atoms with van der Waals surface area (Å²) in [7, 11) is 0. The molecule has 0 saturated heterocycles. The topological polar surface area (TPSA) is 57.5 Å². The lowest BCUT2D eigenvalue weighted by molar-refractivity contribution is -0.131. The predicted octanol–water partition coefficient (Wildman–Crippen LogP) is 3.54. The molecule has 0 saturated carbocycles. The third-order valence-corrected chi connectivity index (χ3v) is 3.45. The van der Waals surface area contributed by atoms with Crippen molar-refractivity contribution in [3.05, 3.63) is 58.6 Å². The van der Waals surface area contributed by atoms with Crippen LogP contribution in [0, 0.1) is 0 Å². The fourth-order valence-electron chi connectivity index (χ4n) is 2.42. The van der Waals surface area contributed by atoms with Gasteiger partial charge in [-0.15, -0.1) is 0 Å². The number of halogens is 1. The number of fused-ring (bicyclic) bond motifs is 3. The van der Waals surface area contributed by atoms with Crippen molar-refractivity contribution in [2.75, 3.05) is 0 Å². The molecule has 4 heteroatoms. The van der Waals surface area contributed by atoms with Crippen LogP contribution >= 0.6 is 11.6 Å². The van der Waals surface area contributed by atoms with Crippen molar-refractivity contribution in [1.82, 2.24) is 0 Å². The Kier molecular flexibility index (Phi) is 2.57. The molecule has 0 aromatic heterocycles. The molecule has 0 atom stereocenters. The van der Waals surface area contributed by atoms with Crippen molar-refractivity contribution in [3.63, 3.8) is 0 Å². The quantitative estimate of drug-likeness (QED) is 0.666. The zero-order valence-electron chi connectivity index (χ0n) is 9.72. The van der Waals surface area contributed by atoms with Crippen LogP contribution in [-0.2, 0) is 4.79 Å². The van der Waals surface area contributed by atoms with Gasteiger partial charge >= 0.3 is 5.97 Å². The zero-order valence-corrected chi connectivity index (χ0v) is 10.5. The van der Waals surface area contributed by atoms with Crippen LogP contribution in [0.5, 0.6) is 5.75 Å². The molecule has 0 spiro atoms. The van der Waals surface area contributed by atoms with Gasteiger partial charge in [-0.3, -0.25) is 0 Å². The molecule has 0 fully saturated rings. The number of phenolic OH excluding ortho intramolecular Hbond substituents is 1. The molecule has 0 heterocycles. The molecule has 0 amide bonds. The first kappa shape index (κ1) is 11.8. The fraction of sp³-hybridized carbons (Fsp3) is 0. The highest BCUT2D eigenvalue weighted by Gasteiger charge is 2.26. The van der Waals surface area contributed by atoms with Crippen molar-refractivity contribution >= 4 is 23.1 Å². The van der Waals surface area contributed by atoms with Crippen molar-refractivity contribution in [2.24, 2.45) is 0 Å². The highest BCUT2D eigenvalue weighted by atomic mass is 35.5. The first-order valence-electron chi connectivity index (χ1n) is 5.65. The zero-order chi connectivity index (χ0) is 13.6. The second kappa shape index (κ2) is 4.14. The largest absolute Gasteiger partial charge is 0.508 e. The van der Waals surface area contributed by atoms with E-state index in [0.29, 0.717) is 16.2 Å². The van der Waals surface area contributed by atoms with Gasteiger partial charge in [0.05, 0.1) is 0 Å². The predicted molar refractivity (Wildman–Crippen MR) is 73.3 cm³/mol. The van der Waals surface area contributed by atoms with E-state index >= 15 is 0 Å². The molecule has 0 radical (unpaired) electrons. The maximum absolute atomic E-state index is 11.0. The van der Waals surface area contributed by atoms with E-state index in [1.807, 2.05) is 6.07 Å². The number of phenols is 1. The monoisotopic (exact) mass is 272 g/mol. The summed E-state index contributed by atoms with van der Waals surface area (Å²) in [6, 6.07) is 10.2. The maximum atomic E-state index is 11.0. The van der Waals surface area contributed by atoms with E-state index in [0.717, 1.165) is 22.8 Å². The molecule has 2 aromatic carbocycles. The third kappa shape index (κ3) is 1.79. The van der Waals surface area contributed by atoms with Gasteiger partial charge in [0, 0.05) is 16.7 Å². The summed E-state index contributed by atoms with van der Waals surface area (Å²) in [6.07, 6.45) is 1.14. The van der Waals surface area contributed by atoms with Crippen LogP contribution in [0.15, 0.2) is 42.5 Å². The van der Waals surface area contributed by atoms with Gasteiger partial charge in [0.25, 0.3) is 0 Å². The molecule has 2 aromatic rings. The van der Waals surface area contributed by atoms with Gasteiger partial charge in [0.2, 0.25) is 0 Å². The van der Waals surface area contributed by atoms with Gasteiger partial charge in [-0.1, -0.05) is 29.8 Å². The number of carboxylic acid groups (broad SMARTS) is 1. The van der Waals surface area contributed by atoms with E-state index < -0.39 is 5.97 Å². The number of aromatic hydroxyl groups is 1. The van der Waals surface area contributed by atoms with Crippen LogP contribution in [0.2, 0.25) is 5.02 Å². The minimum absolute atomic E-state index is 0.0963. The van der Waals surface area contributed by atoms with Gasteiger partial charge < -0.3 is 10.2 Å². The molecule has 1 aliphatic carbocycles. The molecular formula is C15H9ClO3.